The van der Waals surface area contributed by atoms with E-state index in [1.54, 1.807) is 6.07 Å². The fourth-order valence-corrected chi connectivity index (χ4v) is 7.78. The zero-order chi connectivity index (χ0) is 26.6. The van der Waals surface area contributed by atoms with Gasteiger partial charge in [-0.1, -0.05) is 36.2 Å². The Morgan fingerprint density at radius 1 is 1.05 bits per heavy atom. The number of rotatable bonds is 8. The summed E-state index contributed by atoms with van der Waals surface area (Å²) < 4.78 is 24.5. The van der Waals surface area contributed by atoms with E-state index in [4.69, 9.17) is 28.3 Å². The smallest absolute Gasteiger partial charge is 0.276 e. The van der Waals surface area contributed by atoms with E-state index in [2.05, 4.69) is 22.0 Å². The highest BCUT2D eigenvalue weighted by Gasteiger charge is 2.59. The highest BCUT2D eigenvalue weighted by atomic mass is 35.5. The van der Waals surface area contributed by atoms with Crippen LogP contribution in [0.15, 0.2) is 18.2 Å². The van der Waals surface area contributed by atoms with Gasteiger partial charge in [0, 0.05) is 63.6 Å². The van der Waals surface area contributed by atoms with Gasteiger partial charge in [0.2, 0.25) is 11.8 Å². The molecule has 1 unspecified atom stereocenters. The molecule has 0 radical (unpaired) electrons. The van der Waals surface area contributed by atoms with Crippen molar-refractivity contribution in [3.63, 3.8) is 0 Å². The fourth-order valence-electron chi connectivity index (χ4n) is 6.81. The number of nitrogens with two attached hydrogens (primary N) is 1. The van der Waals surface area contributed by atoms with Gasteiger partial charge in [-0.3, -0.25) is 19.8 Å². The molecule has 3 aliphatic heterocycles. The maximum absolute atomic E-state index is 12.8. The highest BCUT2D eigenvalue weighted by molar-refractivity contribution is 7.86. The standard InChI is InChI=1S/C25H35Cl2N5O4S/c1-24(17-2-3-17,6-7-30-15-19(16-30)31-8-10-32(11-9-31)37(28,35)36)25(13-22(33)29-23(34)14-25)18-4-5-20(26)21(27)12-18/h4-5,12,17,19H,2-3,6-11,13-16H2,1H3,(H2,28,35,36)(H,29,33,34). The van der Waals surface area contributed by atoms with Crippen LogP contribution >= 0.6 is 23.2 Å². The number of hydrogen-bond acceptors (Lipinski definition) is 6. The summed E-state index contributed by atoms with van der Waals surface area (Å²) in [4.78, 5) is 30.3. The monoisotopic (exact) mass is 571 g/mol. The number of carbonyl (C=O) groups is 2. The lowest BCUT2D eigenvalue weighted by Gasteiger charge is -2.53. The molecule has 0 bridgehead atoms. The van der Waals surface area contributed by atoms with Gasteiger partial charge in [-0.2, -0.15) is 12.7 Å². The van der Waals surface area contributed by atoms with Crippen LogP contribution in [-0.4, -0.2) is 86.2 Å². The number of carbonyl (C=O) groups excluding carboxylic acids is 2. The van der Waals surface area contributed by atoms with E-state index < -0.39 is 15.6 Å². The van der Waals surface area contributed by atoms with Crippen LogP contribution in [0.4, 0.5) is 0 Å². The third-order valence-electron chi connectivity index (χ3n) is 9.28. The number of halogens is 2. The largest absolute Gasteiger partial charge is 0.300 e. The predicted molar refractivity (Wildman–Crippen MR) is 142 cm³/mol. The lowest BCUT2D eigenvalue weighted by Crippen LogP contribution is -2.64. The Kier molecular flexibility index (Phi) is 7.41. The second kappa shape index (κ2) is 10.0. The van der Waals surface area contributed by atoms with E-state index in [1.165, 1.54) is 4.31 Å². The number of piperazine rings is 1. The number of likely N-dealkylation sites (tertiary alicyclic amines) is 1. The van der Waals surface area contributed by atoms with Crippen molar-refractivity contribution < 1.29 is 18.0 Å². The first-order valence-corrected chi connectivity index (χ1v) is 15.2. The molecule has 4 fully saturated rings. The minimum absolute atomic E-state index is 0.239. The van der Waals surface area contributed by atoms with Gasteiger partial charge >= 0.3 is 0 Å². The van der Waals surface area contributed by atoms with Crippen molar-refractivity contribution in [3.8, 4) is 0 Å². The summed E-state index contributed by atoms with van der Waals surface area (Å²) in [6.07, 6.45) is 3.55. The third kappa shape index (κ3) is 5.31. The molecule has 3 saturated heterocycles. The molecule has 0 spiro atoms. The summed E-state index contributed by atoms with van der Waals surface area (Å²) >= 11 is 12.6. The van der Waals surface area contributed by atoms with Crippen LogP contribution in [0.1, 0.15) is 44.6 Å². The van der Waals surface area contributed by atoms with Crippen molar-refractivity contribution >= 4 is 45.2 Å². The molecule has 37 heavy (non-hydrogen) atoms. The zero-order valence-corrected chi connectivity index (χ0v) is 23.4. The Morgan fingerprint density at radius 2 is 1.68 bits per heavy atom. The fraction of sp³-hybridized carbons (Fsp3) is 0.680. The van der Waals surface area contributed by atoms with Crippen LogP contribution in [0, 0.1) is 11.3 Å². The van der Waals surface area contributed by atoms with Crippen LogP contribution in [-0.2, 0) is 25.2 Å². The van der Waals surface area contributed by atoms with Gasteiger partial charge < -0.3 is 4.90 Å². The van der Waals surface area contributed by atoms with E-state index in [9.17, 15) is 18.0 Å². The van der Waals surface area contributed by atoms with Gasteiger partial charge in [0.1, 0.15) is 0 Å². The number of nitrogens with zero attached hydrogens (tertiary/aromatic N) is 3. The van der Waals surface area contributed by atoms with Gasteiger partial charge in [0.05, 0.1) is 10.0 Å². The van der Waals surface area contributed by atoms with Crippen LogP contribution in [0.2, 0.25) is 10.0 Å². The molecule has 0 aromatic heterocycles. The van der Waals surface area contributed by atoms with Crippen molar-refractivity contribution in [3.05, 3.63) is 33.8 Å². The minimum Gasteiger partial charge on any atom is -0.300 e. The summed E-state index contributed by atoms with van der Waals surface area (Å²) in [7, 11) is -3.63. The van der Waals surface area contributed by atoms with E-state index in [-0.39, 0.29) is 30.1 Å². The molecular formula is C25H35Cl2N5O4S. The number of hydrogen-bond donors (Lipinski definition) is 2. The van der Waals surface area contributed by atoms with Gasteiger partial charge in [-0.15, -0.1) is 0 Å². The highest BCUT2D eigenvalue weighted by Crippen LogP contribution is 2.61. The molecule has 3 N–H and O–H groups in total. The molecule has 2 amide bonds. The first kappa shape index (κ1) is 27.3. The Morgan fingerprint density at radius 3 is 2.22 bits per heavy atom. The number of imide groups is 1. The van der Waals surface area contributed by atoms with Gasteiger partial charge in [-0.25, -0.2) is 5.14 Å². The topological polar surface area (TPSA) is 116 Å². The Bertz CT molecular complexity index is 1160. The third-order valence-corrected chi connectivity index (χ3v) is 11.1. The van der Waals surface area contributed by atoms with Crippen LogP contribution < -0.4 is 10.5 Å². The number of nitrogens with one attached hydrogen (secondary N) is 1. The molecule has 4 aliphatic rings. The molecule has 12 heteroatoms. The Labute approximate surface area is 228 Å². The average Bonchev–Trinajstić information content (AvgIpc) is 3.64. The van der Waals surface area contributed by atoms with E-state index in [0.717, 1.165) is 44.5 Å². The van der Waals surface area contributed by atoms with Crippen molar-refractivity contribution in [2.45, 2.75) is 50.5 Å². The average molecular weight is 573 g/mol. The molecule has 1 atom stereocenters. The molecule has 3 heterocycles. The second-order valence-electron chi connectivity index (χ2n) is 11.4. The molecule has 9 nitrogen and oxygen atoms in total. The predicted octanol–water partition coefficient (Wildman–Crippen LogP) is 1.98. The molecule has 1 aromatic rings. The lowest BCUT2D eigenvalue weighted by molar-refractivity contribution is -0.139. The first-order chi connectivity index (χ1) is 17.4. The van der Waals surface area contributed by atoms with Crippen molar-refractivity contribution in [2.75, 3.05) is 45.8 Å². The van der Waals surface area contributed by atoms with Crippen LogP contribution in [0.5, 0.6) is 0 Å². The van der Waals surface area contributed by atoms with E-state index in [0.29, 0.717) is 48.2 Å². The molecule has 5 rings (SSSR count). The van der Waals surface area contributed by atoms with E-state index in [1.807, 2.05) is 12.1 Å². The number of piperidine rings is 1. The summed E-state index contributed by atoms with van der Waals surface area (Å²) in [5.41, 5.74) is 0.00797. The van der Waals surface area contributed by atoms with Gasteiger partial charge in [0.15, 0.2) is 0 Å². The van der Waals surface area contributed by atoms with Crippen LogP contribution in [0.25, 0.3) is 0 Å². The summed E-state index contributed by atoms with van der Waals surface area (Å²) in [5.74, 6) is -0.0438. The molecule has 1 aromatic carbocycles. The quantitative estimate of drug-likeness (QED) is 0.461. The molecule has 1 aliphatic carbocycles. The molecule has 204 valence electrons. The maximum Gasteiger partial charge on any atom is 0.276 e. The second-order valence-corrected chi connectivity index (χ2v) is 13.7. The lowest BCUT2D eigenvalue weighted by atomic mass is 9.53. The number of amides is 2. The normalized spacial score (nSPS) is 25.9. The summed E-state index contributed by atoms with van der Waals surface area (Å²) in [6, 6.07) is 5.95. The molecule has 1 saturated carbocycles. The van der Waals surface area contributed by atoms with Gasteiger partial charge in [0.25, 0.3) is 10.2 Å². The SMILES string of the molecule is CC(CCN1CC(N2CCN(S(N)(=O)=O)CC2)C1)(C1CC1)C1(c2ccc(Cl)c(Cl)c2)CC(=O)NC(=O)C1. The van der Waals surface area contributed by atoms with Crippen molar-refractivity contribution in [1.82, 2.24) is 19.4 Å². The van der Waals surface area contributed by atoms with Crippen molar-refractivity contribution in [1.29, 1.82) is 0 Å². The van der Waals surface area contributed by atoms with Gasteiger partial charge in [-0.05, 0) is 54.8 Å². The minimum atomic E-state index is -3.63. The Hall–Kier alpha value is -1.27. The van der Waals surface area contributed by atoms with Crippen LogP contribution in [0.3, 0.4) is 0 Å². The Balaban J connectivity index is 1.29. The molecular weight excluding hydrogens is 537 g/mol. The summed E-state index contributed by atoms with van der Waals surface area (Å²) in [6.45, 7) is 7.21. The first-order valence-electron chi connectivity index (χ1n) is 12.9. The van der Waals surface area contributed by atoms with E-state index >= 15 is 0 Å². The summed E-state index contributed by atoms with van der Waals surface area (Å²) in [5, 5.41) is 8.66. The van der Waals surface area contributed by atoms with Crippen molar-refractivity contribution in [2.24, 2.45) is 16.5 Å². The maximum atomic E-state index is 12.8. The zero-order valence-electron chi connectivity index (χ0n) is 21.1. The number of benzene rings is 1.